The highest BCUT2D eigenvalue weighted by atomic mass is 16.5. The largest absolute Gasteiger partial charge is 0.493 e. The maximum absolute atomic E-state index is 12.1. The summed E-state index contributed by atoms with van der Waals surface area (Å²) in [6, 6.07) is 7.26. The molecule has 0 aromatic heterocycles. The highest BCUT2D eigenvalue weighted by Gasteiger charge is 2.14. The van der Waals surface area contributed by atoms with Crippen LogP contribution in [-0.4, -0.2) is 30.5 Å². The maximum atomic E-state index is 12.1. The van der Waals surface area contributed by atoms with Crippen LogP contribution in [0.2, 0.25) is 0 Å². The smallest absolute Gasteiger partial charge is 0.225 e. The van der Waals surface area contributed by atoms with Gasteiger partial charge >= 0.3 is 0 Å². The Morgan fingerprint density at radius 2 is 1.65 bits per heavy atom. The van der Waals surface area contributed by atoms with E-state index in [4.69, 9.17) is 10.5 Å². The Balaban J connectivity index is 1.72. The lowest BCUT2D eigenvalue weighted by atomic mass is 10.1. The summed E-state index contributed by atoms with van der Waals surface area (Å²) in [6.45, 7) is 2.24. The van der Waals surface area contributed by atoms with Gasteiger partial charge in [0.25, 0.3) is 0 Å². The number of nitrogens with two attached hydrogens (primary N) is 1. The molecule has 0 atom stereocenters. The molecule has 1 aromatic rings. The third kappa shape index (κ3) is 4.76. The molecule has 1 fully saturated rings. The molecule has 1 aliphatic heterocycles. The van der Waals surface area contributed by atoms with E-state index < -0.39 is 0 Å². The van der Waals surface area contributed by atoms with Gasteiger partial charge in [0.05, 0.1) is 13.0 Å². The number of ether oxygens (including phenoxy) is 1. The zero-order valence-electron chi connectivity index (χ0n) is 12.0. The number of amides is 1. The third-order valence-corrected chi connectivity index (χ3v) is 3.67. The highest BCUT2D eigenvalue weighted by molar-refractivity contribution is 5.76. The van der Waals surface area contributed by atoms with Gasteiger partial charge in [0, 0.05) is 18.8 Å². The van der Waals surface area contributed by atoms with E-state index in [1.165, 1.54) is 19.3 Å². The summed E-state index contributed by atoms with van der Waals surface area (Å²) in [7, 11) is 0. The van der Waals surface area contributed by atoms with Crippen molar-refractivity contribution in [1.82, 2.24) is 4.90 Å². The van der Waals surface area contributed by atoms with Gasteiger partial charge in [-0.1, -0.05) is 19.3 Å². The second-order valence-corrected chi connectivity index (χ2v) is 5.32. The molecule has 0 radical (unpaired) electrons. The fourth-order valence-electron chi connectivity index (χ4n) is 2.48. The van der Waals surface area contributed by atoms with Crippen molar-refractivity contribution in [3.63, 3.8) is 0 Å². The molecule has 2 N–H and O–H groups in total. The first-order valence-electron chi connectivity index (χ1n) is 7.52. The van der Waals surface area contributed by atoms with E-state index in [0.29, 0.717) is 18.7 Å². The normalized spacial score (nSPS) is 16.3. The van der Waals surface area contributed by atoms with Gasteiger partial charge in [0.1, 0.15) is 5.75 Å². The summed E-state index contributed by atoms with van der Waals surface area (Å²) in [6.07, 6.45) is 6.50. The number of anilines is 1. The van der Waals surface area contributed by atoms with Crippen molar-refractivity contribution >= 4 is 11.6 Å². The molecule has 0 unspecified atom stereocenters. The Kier molecular flexibility index (Phi) is 5.71. The molecule has 110 valence electrons. The number of carbonyl (C=O) groups excluding carboxylic acids is 1. The summed E-state index contributed by atoms with van der Waals surface area (Å²) >= 11 is 0. The minimum absolute atomic E-state index is 0.211. The SMILES string of the molecule is Nc1ccc(OCCC(=O)N2CCCCCCC2)cc1. The van der Waals surface area contributed by atoms with Crippen molar-refractivity contribution in [2.45, 2.75) is 38.5 Å². The maximum Gasteiger partial charge on any atom is 0.225 e. The Labute approximate surface area is 120 Å². The van der Waals surface area contributed by atoms with E-state index in [1.807, 2.05) is 17.0 Å². The zero-order valence-corrected chi connectivity index (χ0v) is 12.0. The fourth-order valence-corrected chi connectivity index (χ4v) is 2.48. The predicted octanol–water partition coefficient (Wildman–Crippen LogP) is 2.83. The number of carbonyl (C=O) groups is 1. The second-order valence-electron chi connectivity index (χ2n) is 5.32. The molecule has 1 aromatic carbocycles. The van der Waals surface area contributed by atoms with Crippen LogP contribution in [0.25, 0.3) is 0 Å². The first kappa shape index (κ1) is 14.7. The molecule has 4 nitrogen and oxygen atoms in total. The molecule has 1 heterocycles. The van der Waals surface area contributed by atoms with Gasteiger partial charge in [0.2, 0.25) is 5.91 Å². The van der Waals surface area contributed by atoms with E-state index in [0.717, 1.165) is 31.7 Å². The van der Waals surface area contributed by atoms with Gasteiger partial charge in [-0.2, -0.15) is 0 Å². The summed E-state index contributed by atoms with van der Waals surface area (Å²) in [5.41, 5.74) is 6.33. The minimum atomic E-state index is 0.211. The summed E-state index contributed by atoms with van der Waals surface area (Å²) < 4.78 is 5.58. The standard InChI is InChI=1S/C16H24N2O2/c17-14-6-8-15(9-7-14)20-13-10-16(19)18-11-4-2-1-3-5-12-18/h6-9H,1-5,10-13,17H2. The average molecular weight is 276 g/mol. The van der Waals surface area contributed by atoms with Gasteiger partial charge in [-0.15, -0.1) is 0 Å². The quantitative estimate of drug-likeness (QED) is 0.860. The Morgan fingerprint density at radius 1 is 1.05 bits per heavy atom. The van der Waals surface area contributed by atoms with Crippen molar-refractivity contribution in [2.75, 3.05) is 25.4 Å². The second kappa shape index (κ2) is 7.78. The van der Waals surface area contributed by atoms with Gasteiger partial charge in [-0.25, -0.2) is 0 Å². The van der Waals surface area contributed by atoms with Gasteiger partial charge < -0.3 is 15.4 Å². The number of nitrogens with zero attached hydrogens (tertiary/aromatic N) is 1. The average Bonchev–Trinajstić information content (AvgIpc) is 2.40. The minimum Gasteiger partial charge on any atom is -0.493 e. The zero-order chi connectivity index (χ0) is 14.2. The number of hydrogen-bond acceptors (Lipinski definition) is 3. The summed E-state index contributed by atoms with van der Waals surface area (Å²) in [5, 5.41) is 0. The van der Waals surface area contributed by atoms with E-state index >= 15 is 0 Å². The van der Waals surface area contributed by atoms with Crippen LogP contribution in [0.5, 0.6) is 5.75 Å². The Morgan fingerprint density at radius 3 is 2.30 bits per heavy atom. The molecule has 2 rings (SSSR count). The predicted molar refractivity (Wildman–Crippen MR) is 80.6 cm³/mol. The van der Waals surface area contributed by atoms with Crippen LogP contribution in [0.4, 0.5) is 5.69 Å². The molecule has 1 amide bonds. The molecule has 1 saturated heterocycles. The molecule has 20 heavy (non-hydrogen) atoms. The van der Waals surface area contributed by atoms with Crippen molar-refractivity contribution in [3.8, 4) is 5.75 Å². The summed E-state index contributed by atoms with van der Waals surface area (Å²) in [5.74, 6) is 0.974. The summed E-state index contributed by atoms with van der Waals surface area (Å²) in [4.78, 5) is 14.1. The Hall–Kier alpha value is -1.71. The lowest BCUT2D eigenvalue weighted by Crippen LogP contribution is -2.34. The number of likely N-dealkylation sites (tertiary alicyclic amines) is 1. The van der Waals surface area contributed by atoms with Gasteiger partial charge in [-0.3, -0.25) is 4.79 Å². The third-order valence-electron chi connectivity index (χ3n) is 3.67. The first-order valence-corrected chi connectivity index (χ1v) is 7.52. The van der Waals surface area contributed by atoms with E-state index in [-0.39, 0.29) is 5.91 Å². The van der Waals surface area contributed by atoms with Crippen LogP contribution in [0.1, 0.15) is 38.5 Å². The van der Waals surface area contributed by atoms with Crippen LogP contribution in [0.15, 0.2) is 24.3 Å². The lowest BCUT2D eigenvalue weighted by molar-refractivity contribution is -0.132. The van der Waals surface area contributed by atoms with Crippen molar-refractivity contribution in [3.05, 3.63) is 24.3 Å². The molecule has 0 spiro atoms. The lowest BCUT2D eigenvalue weighted by Gasteiger charge is -2.24. The number of nitrogen functional groups attached to an aromatic ring is 1. The fraction of sp³-hybridized carbons (Fsp3) is 0.562. The number of benzene rings is 1. The van der Waals surface area contributed by atoms with Crippen LogP contribution < -0.4 is 10.5 Å². The van der Waals surface area contributed by atoms with Crippen LogP contribution in [0, 0.1) is 0 Å². The monoisotopic (exact) mass is 276 g/mol. The van der Waals surface area contributed by atoms with Crippen molar-refractivity contribution < 1.29 is 9.53 Å². The molecule has 1 aliphatic rings. The number of hydrogen-bond donors (Lipinski definition) is 1. The van der Waals surface area contributed by atoms with E-state index in [2.05, 4.69) is 0 Å². The molecule has 4 heteroatoms. The highest BCUT2D eigenvalue weighted by Crippen LogP contribution is 2.14. The molecule has 0 saturated carbocycles. The Bertz CT molecular complexity index is 409. The molecule has 0 bridgehead atoms. The van der Waals surface area contributed by atoms with Crippen LogP contribution in [0.3, 0.4) is 0 Å². The van der Waals surface area contributed by atoms with Gasteiger partial charge in [0.15, 0.2) is 0 Å². The molecular formula is C16H24N2O2. The first-order chi connectivity index (χ1) is 9.75. The number of rotatable bonds is 4. The molecular weight excluding hydrogens is 252 g/mol. The van der Waals surface area contributed by atoms with Crippen molar-refractivity contribution in [2.24, 2.45) is 0 Å². The topological polar surface area (TPSA) is 55.6 Å². The van der Waals surface area contributed by atoms with Crippen molar-refractivity contribution in [1.29, 1.82) is 0 Å². The van der Waals surface area contributed by atoms with Gasteiger partial charge in [-0.05, 0) is 37.1 Å². The van der Waals surface area contributed by atoms with Crippen LogP contribution in [-0.2, 0) is 4.79 Å². The van der Waals surface area contributed by atoms with E-state index in [1.54, 1.807) is 12.1 Å². The molecule has 0 aliphatic carbocycles. The van der Waals surface area contributed by atoms with E-state index in [9.17, 15) is 4.79 Å². The van der Waals surface area contributed by atoms with Crippen LogP contribution >= 0.6 is 0 Å².